The second-order valence-corrected chi connectivity index (χ2v) is 5.08. The Balaban J connectivity index is 2.51. The minimum absolute atomic E-state index is 0.225. The zero-order chi connectivity index (χ0) is 13.7. The highest BCUT2D eigenvalue weighted by molar-refractivity contribution is 5.19. The molecule has 4 nitrogen and oxygen atoms in total. The molecule has 2 unspecified atom stereocenters. The zero-order valence-electron chi connectivity index (χ0n) is 12.3. The maximum Gasteiger partial charge on any atom is 0.0692 e. The summed E-state index contributed by atoms with van der Waals surface area (Å²) in [6.07, 6.45) is 3.69. The van der Waals surface area contributed by atoms with Crippen LogP contribution in [0.3, 0.4) is 0 Å². The van der Waals surface area contributed by atoms with Crippen molar-refractivity contribution in [3.8, 4) is 0 Å². The summed E-state index contributed by atoms with van der Waals surface area (Å²) in [5.41, 5.74) is 2.38. The van der Waals surface area contributed by atoms with Crippen LogP contribution in [0.25, 0.3) is 0 Å². The standard InChI is InChI=1S/C14H27N3O/c1-6-12(7-2)14(18)9-15-10(3)13-8-16-17(5)11(13)4/h8,10,12,14-15,18H,6-7,9H2,1-5H3. The van der Waals surface area contributed by atoms with Gasteiger partial charge in [0.15, 0.2) is 0 Å². The van der Waals surface area contributed by atoms with Crippen LogP contribution in [0.15, 0.2) is 6.20 Å². The van der Waals surface area contributed by atoms with E-state index in [-0.39, 0.29) is 12.1 Å². The molecule has 0 aliphatic heterocycles. The highest BCUT2D eigenvalue weighted by Crippen LogP contribution is 2.17. The molecule has 1 aromatic heterocycles. The zero-order valence-corrected chi connectivity index (χ0v) is 12.3. The first-order valence-electron chi connectivity index (χ1n) is 6.91. The Morgan fingerprint density at radius 2 is 2.00 bits per heavy atom. The number of aliphatic hydroxyl groups excluding tert-OH is 1. The van der Waals surface area contributed by atoms with Crippen LogP contribution in [-0.4, -0.2) is 27.5 Å². The molecule has 104 valence electrons. The van der Waals surface area contributed by atoms with Gasteiger partial charge in [0.25, 0.3) is 0 Å². The van der Waals surface area contributed by atoms with Crippen LogP contribution < -0.4 is 5.32 Å². The number of rotatable bonds is 7. The van der Waals surface area contributed by atoms with E-state index in [0.29, 0.717) is 12.5 Å². The van der Waals surface area contributed by atoms with Crippen molar-refractivity contribution in [3.05, 3.63) is 17.5 Å². The molecule has 1 rings (SSSR count). The van der Waals surface area contributed by atoms with Gasteiger partial charge in [-0.25, -0.2) is 0 Å². The molecule has 0 aliphatic rings. The SMILES string of the molecule is CCC(CC)C(O)CNC(C)c1cnn(C)c1C. The lowest BCUT2D eigenvalue weighted by Crippen LogP contribution is -2.34. The maximum atomic E-state index is 10.1. The van der Waals surface area contributed by atoms with Crippen molar-refractivity contribution in [1.29, 1.82) is 0 Å². The number of aliphatic hydroxyl groups is 1. The van der Waals surface area contributed by atoms with Gasteiger partial charge in [0.1, 0.15) is 0 Å². The summed E-state index contributed by atoms with van der Waals surface area (Å²) in [5, 5.41) is 17.7. The van der Waals surface area contributed by atoms with Gasteiger partial charge in [-0.2, -0.15) is 5.10 Å². The van der Waals surface area contributed by atoms with Gasteiger partial charge >= 0.3 is 0 Å². The van der Waals surface area contributed by atoms with Crippen molar-refractivity contribution in [2.75, 3.05) is 6.54 Å². The predicted octanol–water partition coefficient (Wildman–Crippen LogP) is 2.18. The van der Waals surface area contributed by atoms with Gasteiger partial charge in [0.2, 0.25) is 0 Å². The van der Waals surface area contributed by atoms with Crippen molar-refractivity contribution in [1.82, 2.24) is 15.1 Å². The molecule has 0 bridgehead atoms. The Morgan fingerprint density at radius 3 is 2.44 bits per heavy atom. The Kier molecular flexibility index (Phi) is 5.82. The summed E-state index contributed by atoms with van der Waals surface area (Å²) in [6.45, 7) is 9.08. The van der Waals surface area contributed by atoms with Gasteiger partial charge in [-0.1, -0.05) is 26.7 Å². The summed E-state index contributed by atoms with van der Waals surface area (Å²) in [6, 6.07) is 0.225. The molecule has 0 amide bonds. The van der Waals surface area contributed by atoms with E-state index in [2.05, 4.69) is 38.1 Å². The second kappa shape index (κ2) is 6.90. The van der Waals surface area contributed by atoms with Crippen molar-refractivity contribution in [2.24, 2.45) is 13.0 Å². The second-order valence-electron chi connectivity index (χ2n) is 5.08. The number of nitrogens with zero attached hydrogens (tertiary/aromatic N) is 2. The first-order chi connectivity index (χ1) is 8.51. The molecule has 2 N–H and O–H groups in total. The number of aromatic nitrogens is 2. The van der Waals surface area contributed by atoms with Crippen molar-refractivity contribution in [3.63, 3.8) is 0 Å². The van der Waals surface area contributed by atoms with Gasteiger partial charge < -0.3 is 10.4 Å². The summed E-state index contributed by atoms with van der Waals surface area (Å²) < 4.78 is 1.88. The number of aryl methyl sites for hydroxylation is 1. The van der Waals surface area contributed by atoms with E-state index in [1.807, 2.05) is 17.9 Å². The van der Waals surface area contributed by atoms with E-state index in [4.69, 9.17) is 0 Å². The Morgan fingerprint density at radius 1 is 1.39 bits per heavy atom. The quantitative estimate of drug-likeness (QED) is 0.783. The topological polar surface area (TPSA) is 50.1 Å². The molecule has 0 aromatic carbocycles. The molecule has 1 heterocycles. The third-order valence-electron chi connectivity index (χ3n) is 3.97. The molecule has 18 heavy (non-hydrogen) atoms. The van der Waals surface area contributed by atoms with Crippen LogP contribution in [0.1, 0.15) is 50.9 Å². The highest BCUT2D eigenvalue weighted by atomic mass is 16.3. The molecular formula is C14H27N3O. The van der Waals surface area contributed by atoms with E-state index >= 15 is 0 Å². The number of hydrogen-bond donors (Lipinski definition) is 2. The molecule has 0 spiro atoms. The Bertz CT molecular complexity index is 358. The van der Waals surface area contributed by atoms with Crippen LogP contribution in [0.5, 0.6) is 0 Å². The van der Waals surface area contributed by atoms with Crippen LogP contribution in [0, 0.1) is 12.8 Å². The van der Waals surface area contributed by atoms with Crippen molar-refractivity contribution < 1.29 is 5.11 Å². The van der Waals surface area contributed by atoms with Gasteiger partial charge in [-0.15, -0.1) is 0 Å². The summed E-state index contributed by atoms with van der Waals surface area (Å²) >= 11 is 0. The van der Waals surface area contributed by atoms with E-state index in [9.17, 15) is 5.11 Å². The van der Waals surface area contributed by atoms with Gasteiger partial charge in [0.05, 0.1) is 12.3 Å². The average Bonchev–Trinajstić information content (AvgIpc) is 2.69. The van der Waals surface area contributed by atoms with Crippen LogP contribution >= 0.6 is 0 Å². The van der Waals surface area contributed by atoms with Crippen LogP contribution in [-0.2, 0) is 7.05 Å². The van der Waals surface area contributed by atoms with Crippen molar-refractivity contribution >= 4 is 0 Å². The molecule has 1 aromatic rings. The lowest BCUT2D eigenvalue weighted by molar-refractivity contribution is 0.0988. The largest absolute Gasteiger partial charge is 0.392 e. The first-order valence-corrected chi connectivity index (χ1v) is 6.91. The van der Waals surface area contributed by atoms with Crippen molar-refractivity contribution in [2.45, 2.75) is 52.7 Å². The molecule has 0 aliphatic carbocycles. The van der Waals surface area contributed by atoms with Gasteiger partial charge in [0, 0.05) is 30.9 Å². The minimum Gasteiger partial charge on any atom is -0.392 e. The summed E-state index contributed by atoms with van der Waals surface area (Å²) in [4.78, 5) is 0. The smallest absolute Gasteiger partial charge is 0.0692 e. The molecule has 0 saturated heterocycles. The Hall–Kier alpha value is -0.870. The third kappa shape index (κ3) is 3.56. The van der Waals surface area contributed by atoms with E-state index < -0.39 is 0 Å². The van der Waals surface area contributed by atoms with E-state index in [0.717, 1.165) is 12.8 Å². The molecule has 0 fully saturated rings. The lowest BCUT2D eigenvalue weighted by Gasteiger charge is -2.22. The summed E-state index contributed by atoms with van der Waals surface area (Å²) in [7, 11) is 1.95. The van der Waals surface area contributed by atoms with E-state index in [1.54, 1.807) is 0 Å². The first kappa shape index (κ1) is 15.2. The fraction of sp³-hybridized carbons (Fsp3) is 0.786. The van der Waals surface area contributed by atoms with Gasteiger partial charge in [-0.3, -0.25) is 4.68 Å². The maximum absolute atomic E-state index is 10.1. The monoisotopic (exact) mass is 253 g/mol. The fourth-order valence-corrected chi connectivity index (χ4v) is 2.35. The van der Waals surface area contributed by atoms with Gasteiger partial charge in [-0.05, 0) is 19.8 Å². The molecule has 0 radical (unpaired) electrons. The molecule has 0 saturated carbocycles. The predicted molar refractivity (Wildman–Crippen MR) is 74.4 cm³/mol. The fourth-order valence-electron chi connectivity index (χ4n) is 2.35. The molecule has 2 atom stereocenters. The lowest BCUT2D eigenvalue weighted by atomic mass is 9.96. The normalized spacial score (nSPS) is 15.1. The summed E-state index contributed by atoms with van der Waals surface area (Å²) in [5.74, 6) is 0.389. The number of nitrogens with one attached hydrogen (secondary N) is 1. The van der Waals surface area contributed by atoms with Crippen LogP contribution in [0.4, 0.5) is 0 Å². The molecule has 4 heteroatoms. The third-order valence-corrected chi connectivity index (χ3v) is 3.97. The van der Waals surface area contributed by atoms with Crippen LogP contribution in [0.2, 0.25) is 0 Å². The minimum atomic E-state index is -0.264. The average molecular weight is 253 g/mol. The highest BCUT2D eigenvalue weighted by Gasteiger charge is 2.17. The Labute approximate surface area is 110 Å². The van der Waals surface area contributed by atoms with E-state index in [1.165, 1.54) is 11.3 Å². The molecular weight excluding hydrogens is 226 g/mol. The number of hydrogen-bond acceptors (Lipinski definition) is 3.